The van der Waals surface area contributed by atoms with Crippen molar-refractivity contribution < 1.29 is 24.5 Å². The zero-order valence-corrected chi connectivity index (χ0v) is 17.5. The van der Waals surface area contributed by atoms with E-state index in [9.17, 15) is 19.8 Å². The van der Waals surface area contributed by atoms with Gasteiger partial charge < -0.3 is 29.6 Å². The Balaban J connectivity index is 2.01. The number of nitrogens with zero attached hydrogens (tertiary/aromatic N) is 1. The van der Waals surface area contributed by atoms with Gasteiger partial charge in [0.2, 0.25) is 0 Å². The second-order valence-electron chi connectivity index (χ2n) is 6.87. The number of amides is 1. The van der Waals surface area contributed by atoms with Crippen molar-refractivity contribution in [2.24, 2.45) is 0 Å². The molecule has 0 radical (unpaired) electrons. The summed E-state index contributed by atoms with van der Waals surface area (Å²) < 4.78 is 11.0. The number of phenolic OH excluding ortho intramolecular Hbond substituents is 1. The topological polar surface area (TPSA) is 112 Å². The van der Waals surface area contributed by atoms with E-state index in [1.807, 2.05) is 30.3 Å². The van der Waals surface area contributed by atoms with Gasteiger partial charge in [-0.2, -0.15) is 0 Å². The van der Waals surface area contributed by atoms with Crippen molar-refractivity contribution in [1.82, 2.24) is 9.88 Å². The summed E-state index contributed by atoms with van der Waals surface area (Å²) in [5.41, 5.74) is 2.20. The Morgan fingerprint density at radius 1 is 1.13 bits per heavy atom. The van der Waals surface area contributed by atoms with Gasteiger partial charge in [-0.3, -0.25) is 4.79 Å². The predicted octanol–water partition coefficient (Wildman–Crippen LogP) is 3.22. The second-order valence-corrected chi connectivity index (χ2v) is 7.85. The van der Waals surface area contributed by atoms with Crippen LogP contribution in [0.15, 0.2) is 47.3 Å². The number of ether oxygens (including phenoxy) is 2. The summed E-state index contributed by atoms with van der Waals surface area (Å²) in [7, 11) is 2.91. The van der Waals surface area contributed by atoms with E-state index in [4.69, 9.17) is 9.47 Å². The van der Waals surface area contributed by atoms with E-state index < -0.39 is 12.4 Å². The number of rotatable bonds is 9. The number of H-pyrrole nitrogens is 1. The fourth-order valence-electron chi connectivity index (χ4n) is 3.45. The van der Waals surface area contributed by atoms with Crippen LogP contribution in [0.4, 0.5) is 4.79 Å². The quantitative estimate of drug-likeness (QED) is 0.448. The molecule has 0 saturated carbocycles. The molecular formula is C21H24N2O6S. The van der Waals surface area contributed by atoms with Crippen molar-refractivity contribution >= 4 is 27.6 Å². The number of hydrogen-bond acceptors (Lipinski definition) is 6. The van der Waals surface area contributed by atoms with E-state index in [2.05, 4.69) is 4.98 Å². The van der Waals surface area contributed by atoms with Gasteiger partial charge in [0.15, 0.2) is 6.29 Å². The number of carboxylic acid groups (broad SMARTS) is 1. The third-order valence-corrected chi connectivity index (χ3v) is 5.89. The van der Waals surface area contributed by atoms with E-state index in [0.717, 1.165) is 22.5 Å². The molecule has 2 aromatic carbocycles. The molecule has 0 aliphatic carbocycles. The molecular weight excluding hydrogens is 408 g/mol. The number of carbonyl (C=O) groups is 1. The molecule has 3 N–H and O–H groups in total. The molecule has 0 spiro atoms. The number of phenols is 1. The van der Waals surface area contributed by atoms with E-state index in [-0.39, 0.29) is 29.6 Å². The lowest BCUT2D eigenvalue weighted by Crippen LogP contribution is -2.40. The SMILES string of the molecule is COC(CN(CC(Cc1ccccc1)c1ccc(O)c2[nH]c(=O)sc12)C(=O)O)OC. The number of nitrogens with one attached hydrogen (secondary N) is 1. The highest BCUT2D eigenvalue weighted by atomic mass is 32.1. The fraction of sp³-hybridized carbons (Fsp3) is 0.333. The second kappa shape index (κ2) is 9.75. The summed E-state index contributed by atoms with van der Waals surface area (Å²) in [5, 5.41) is 19.9. The molecule has 1 unspecified atom stereocenters. The van der Waals surface area contributed by atoms with Crippen LogP contribution in [0.25, 0.3) is 10.2 Å². The Hall–Kier alpha value is -2.88. The zero-order chi connectivity index (χ0) is 21.7. The lowest BCUT2D eigenvalue weighted by molar-refractivity contribution is -0.113. The average molecular weight is 432 g/mol. The monoisotopic (exact) mass is 432 g/mol. The van der Waals surface area contributed by atoms with E-state index in [1.165, 1.54) is 25.2 Å². The third kappa shape index (κ3) is 4.99. The first-order valence-electron chi connectivity index (χ1n) is 9.35. The van der Waals surface area contributed by atoms with Crippen molar-refractivity contribution in [3.8, 4) is 5.75 Å². The Kier molecular flexibility index (Phi) is 7.09. The highest BCUT2D eigenvalue weighted by Crippen LogP contribution is 2.34. The standard InChI is InChI=1S/C21H24N2O6S/c1-28-17(29-2)12-23(21(26)27)11-14(10-13-6-4-3-5-7-13)15-8-9-16(24)18-19(15)30-20(25)22-18/h3-9,14,17,24H,10-12H2,1-2H3,(H,22,25)(H,26,27). The largest absolute Gasteiger partial charge is 0.506 e. The minimum absolute atomic E-state index is 0.0144. The number of aromatic nitrogens is 1. The van der Waals surface area contributed by atoms with Crippen molar-refractivity contribution in [2.45, 2.75) is 18.6 Å². The molecule has 3 rings (SSSR count). The first-order valence-corrected chi connectivity index (χ1v) is 10.2. The van der Waals surface area contributed by atoms with Gasteiger partial charge in [-0.05, 0) is 23.6 Å². The summed E-state index contributed by atoms with van der Waals surface area (Å²) in [5.74, 6) is -0.271. The summed E-state index contributed by atoms with van der Waals surface area (Å²) in [6.45, 7) is 0.206. The molecule has 1 aromatic heterocycles. The maximum absolute atomic E-state index is 11.9. The van der Waals surface area contributed by atoms with E-state index in [1.54, 1.807) is 6.07 Å². The highest BCUT2D eigenvalue weighted by molar-refractivity contribution is 7.16. The van der Waals surface area contributed by atoms with Crippen molar-refractivity contribution in [3.63, 3.8) is 0 Å². The van der Waals surface area contributed by atoms with Crippen LogP contribution in [-0.4, -0.2) is 59.8 Å². The van der Waals surface area contributed by atoms with Gasteiger partial charge in [-0.25, -0.2) is 4.79 Å². The molecule has 1 amide bonds. The molecule has 0 saturated heterocycles. The van der Waals surface area contributed by atoms with Gasteiger partial charge in [-0.15, -0.1) is 0 Å². The maximum Gasteiger partial charge on any atom is 0.407 e. The van der Waals surface area contributed by atoms with Crippen LogP contribution in [0, 0.1) is 0 Å². The first-order chi connectivity index (χ1) is 14.4. The minimum atomic E-state index is -1.09. The average Bonchev–Trinajstić information content (AvgIpc) is 3.13. The van der Waals surface area contributed by atoms with Gasteiger partial charge in [0.05, 0.1) is 11.2 Å². The number of thiazole rings is 1. The van der Waals surface area contributed by atoms with Gasteiger partial charge >= 0.3 is 11.0 Å². The van der Waals surface area contributed by atoms with Crippen LogP contribution in [0.2, 0.25) is 0 Å². The lowest BCUT2D eigenvalue weighted by atomic mass is 9.91. The smallest absolute Gasteiger partial charge is 0.407 e. The lowest BCUT2D eigenvalue weighted by Gasteiger charge is -2.28. The molecule has 1 heterocycles. The minimum Gasteiger partial charge on any atom is -0.506 e. The molecule has 160 valence electrons. The Labute approximate surface area is 177 Å². The predicted molar refractivity (Wildman–Crippen MR) is 114 cm³/mol. The van der Waals surface area contributed by atoms with Gasteiger partial charge in [0, 0.05) is 26.7 Å². The van der Waals surface area contributed by atoms with Crippen LogP contribution in [-0.2, 0) is 15.9 Å². The van der Waals surface area contributed by atoms with Crippen LogP contribution >= 0.6 is 11.3 Å². The number of hydrogen-bond donors (Lipinski definition) is 3. The number of benzene rings is 2. The van der Waals surface area contributed by atoms with Crippen molar-refractivity contribution in [2.75, 3.05) is 27.3 Å². The number of methoxy groups -OCH3 is 2. The summed E-state index contributed by atoms with van der Waals surface area (Å²) in [6.07, 6.45) is -1.23. The first kappa shape index (κ1) is 21.8. The van der Waals surface area contributed by atoms with E-state index in [0.29, 0.717) is 16.6 Å². The Morgan fingerprint density at radius 3 is 2.47 bits per heavy atom. The third-order valence-electron chi connectivity index (χ3n) is 4.96. The summed E-state index contributed by atoms with van der Waals surface area (Å²) >= 11 is 1.00. The van der Waals surface area contributed by atoms with Crippen molar-refractivity contribution in [1.29, 1.82) is 0 Å². The summed E-state index contributed by atoms with van der Waals surface area (Å²) in [6, 6.07) is 13.0. The number of aromatic hydroxyl groups is 1. The molecule has 9 heteroatoms. The van der Waals surface area contributed by atoms with E-state index >= 15 is 0 Å². The zero-order valence-electron chi connectivity index (χ0n) is 16.7. The highest BCUT2D eigenvalue weighted by Gasteiger charge is 2.25. The molecule has 1 atom stereocenters. The van der Waals surface area contributed by atoms with Gasteiger partial charge in [0.25, 0.3) is 0 Å². The molecule has 8 nitrogen and oxygen atoms in total. The Morgan fingerprint density at radius 2 is 1.83 bits per heavy atom. The maximum atomic E-state index is 11.9. The van der Waals surface area contributed by atoms with Crippen LogP contribution in [0.1, 0.15) is 17.0 Å². The van der Waals surface area contributed by atoms with Crippen LogP contribution in [0.3, 0.4) is 0 Å². The molecule has 0 bridgehead atoms. The molecule has 30 heavy (non-hydrogen) atoms. The number of aromatic amines is 1. The summed E-state index contributed by atoms with van der Waals surface area (Å²) in [4.78, 5) is 27.5. The molecule has 0 aliphatic rings. The van der Waals surface area contributed by atoms with Crippen LogP contribution < -0.4 is 4.87 Å². The van der Waals surface area contributed by atoms with Gasteiger partial charge in [-0.1, -0.05) is 47.7 Å². The number of fused-ring (bicyclic) bond motifs is 1. The molecule has 3 aromatic rings. The van der Waals surface area contributed by atoms with Crippen LogP contribution in [0.5, 0.6) is 5.75 Å². The normalized spacial score (nSPS) is 12.4. The fourth-order valence-corrected chi connectivity index (χ4v) is 4.40. The van der Waals surface area contributed by atoms with Gasteiger partial charge in [0.1, 0.15) is 11.3 Å². The van der Waals surface area contributed by atoms with Crippen molar-refractivity contribution in [3.05, 3.63) is 63.3 Å². The Bertz CT molecular complexity index is 1040. The molecule has 0 fully saturated rings. The molecule has 0 aliphatic heterocycles.